The Morgan fingerprint density at radius 2 is 1.90 bits per heavy atom. The van der Waals surface area contributed by atoms with Crippen molar-refractivity contribution in [1.29, 1.82) is 0 Å². The van der Waals surface area contributed by atoms with E-state index < -0.39 is 0 Å². The summed E-state index contributed by atoms with van der Waals surface area (Å²) in [5, 5.41) is 3.71. The lowest BCUT2D eigenvalue weighted by molar-refractivity contribution is 0.155. The first-order valence-corrected chi connectivity index (χ1v) is 8.88. The number of rotatable bonds is 6. The van der Waals surface area contributed by atoms with Crippen LogP contribution in [-0.2, 0) is 0 Å². The zero-order valence-corrected chi connectivity index (χ0v) is 14.3. The predicted octanol–water partition coefficient (Wildman–Crippen LogP) is 3.91. The first-order chi connectivity index (χ1) is 9.45. The van der Waals surface area contributed by atoms with Crippen molar-refractivity contribution in [3.05, 3.63) is 0 Å². The van der Waals surface area contributed by atoms with E-state index in [-0.39, 0.29) is 0 Å². The average Bonchev–Trinajstić information content (AvgIpc) is 2.99. The molecule has 0 aromatic heterocycles. The Bertz CT molecular complexity index is 286. The molecule has 0 aromatic carbocycles. The quantitative estimate of drug-likeness (QED) is 0.742. The minimum absolute atomic E-state index is 0.484. The fraction of sp³-hybridized carbons (Fsp3) is 1.00. The Morgan fingerprint density at radius 1 is 1.20 bits per heavy atom. The lowest BCUT2D eigenvalue weighted by atomic mass is 9.80. The number of nitrogens with zero attached hydrogens (tertiary/aromatic N) is 1. The summed E-state index contributed by atoms with van der Waals surface area (Å²) >= 11 is 0. The fourth-order valence-electron chi connectivity index (χ4n) is 4.20. The van der Waals surface area contributed by atoms with Crippen LogP contribution in [0.3, 0.4) is 0 Å². The van der Waals surface area contributed by atoms with Crippen molar-refractivity contribution < 1.29 is 0 Å². The summed E-state index contributed by atoms with van der Waals surface area (Å²) in [5.74, 6) is 0.893. The zero-order valence-electron chi connectivity index (χ0n) is 14.3. The molecule has 20 heavy (non-hydrogen) atoms. The Kier molecular flexibility index (Phi) is 5.53. The minimum atomic E-state index is 0.484. The summed E-state index contributed by atoms with van der Waals surface area (Å²) in [4.78, 5) is 2.77. The molecule has 2 heteroatoms. The Hall–Kier alpha value is -0.0800. The maximum atomic E-state index is 3.71. The molecule has 1 atom stereocenters. The molecule has 1 saturated heterocycles. The number of likely N-dealkylation sites (tertiary alicyclic amines) is 1. The molecule has 0 spiro atoms. The van der Waals surface area contributed by atoms with Gasteiger partial charge < -0.3 is 10.2 Å². The van der Waals surface area contributed by atoms with Crippen molar-refractivity contribution in [2.45, 2.75) is 66.2 Å². The topological polar surface area (TPSA) is 15.3 Å². The molecule has 2 fully saturated rings. The highest BCUT2D eigenvalue weighted by Gasteiger charge is 2.38. The summed E-state index contributed by atoms with van der Waals surface area (Å²) in [7, 11) is 0. The van der Waals surface area contributed by atoms with Gasteiger partial charge in [0.2, 0.25) is 0 Å². The van der Waals surface area contributed by atoms with E-state index in [9.17, 15) is 0 Å². The summed E-state index contributed by atoms with van der Waals surface area (Å²) in [5.41, 5.74) is 1.07. The largest absolute Gasteiger partial charge is 0.316 e. The van der Waals surface area contributed by atoms with Gasteiger partial charge in [-0.05, 0) is 55.5 Å². The van der Waals surface area contributed by atoms with E-state index in [2.05, 4.69) is 37.9 Å². The van der Waals surface area contributed by atoms with Crippen LogP contribution in [0.1, 0.15) is 66.2 Å². The molecule has 2 rings (SSSR count). The Labute approximate surface area is 126 Å². The van der Waals surface area contributed by atoms with E-state index in [1.54, 1.807) is 0 Å². The van der Waals surface area contributed by atoms with E-state index in [4.69, 9.17) is 0 Å². The molecule has 1 unspecified atom stereocenters. The molecule has 1 saturated carbocycles. The van der Waals surface area contributed by atoms with Crippen LogP contribution >= 0.6 is 0 Å². The van der Waals surface area contributed by atoms with Gasteiger partial charge in [-0.1, -0.05) is 40.5 Å². The highest BCUT2D eigenvalue weighted by molar-refractivity contribution is 4.92. The number of hydrogen-bond acceptors (Lipinski definition) is 2. The highest BCUT2D eigenvalue weighted by Crippen LogP contribution is 2.41. The molecule has 0 aromatic rings. The molecule has 1 aliphatic carbocycles. The minimum Gasteiger partial charge on any atom is -0.316 e. The number of nitrogens with one attached hydrogen (secondary N) is 1. The SMILES string of the molecule is CCCNCC1(CN2CCC(C(C)(C)C)C2)CCCC1. The monoisotopic (exact) mass is 280 g/mol. The highest BCUT2D eigenvalue weighted by atomic mass is 15.2. The van der Waals surface area contributed by atoms with Gasteiger partial charge in [0, 0.05) is 19.6 Å². The lowest BCUT2D eigenvalue weighted by Gasteiger charge is -2.35. The first-order valence-electron chi connectivity index (χ1n) is 8.88. The maximum absolute atomic E-state index is 3.71. The van der Waals surface area contributed by atoms with Crippen LogP contribution in [0.2, 0.25) is 0 Å². The summed E-state index contributed by atoms with van der Waals surface area (Å²) in [6.45, 7) is 15.9. The van der Waals surface area contributed by atoms with Crippen LogP contribution in [0.15, 0.2) is 0 Å². The van der Waals surface area contributed by atoms with Crippen LogP contribution in [0.4, 0.5) is 0 Å². The Morgan fingerprint density at radius 3 is 2.45 bits per heavy atom. The maximum Gasteiger partial charge on any atom is 0.00503 e. The second-order valence-corrected chi connectivity index (χ2v) is 8.47. The van der Waals surface area contributed by atoms with E-state index >= 15 is 0 Å². The summed E-state index contributed by atoms with van der Waals surface area (Å²) in [6, 6.07) is 0. The van der Waals surface area contributed by atoms with E-state index in [1.165, 1.54) is 71.2 Å². The van der Waals surface area contributed by atoms with Crippen molar-refractivity contribution in [1.82, 2.24) is 10.2 Å². The molecule has 0 bridgehead atoms. The van der Waals surface area contributed by atoms with Crippen molar-refractivity contribution in [3.63, 3.8) is 0 Å². The van der Waals surface area contributed by atoms with Crippen LogP contribution in [0.5, 0.6) is 0 Å². The van der Waals surface area contributed by atoms with Crippen LogP contribution < -0.4 is 5.32 Å². The number of hydrogen-bond donors (Lipinski definition) is 1. The van der Waals surface area contributed by atoms with Crippen LogP contribution in [-0.4, -0.2) is 37.6 Å². The van der Waals surface area contributed by atoms with Gasteiger partial charge in [0.1, 0.15) is 0 Å². The molecule has 0 amide bonds. The smallest absolute Gasteiger partial charge is 0.00503 e. The summed E-state index contributed by atoms with van der Waals surface area (Å²) < 4.78 is 0. The molecular weight excluding hydrogens is 244 g/mol. The van der Waals surface area contributed by atoms with Gasteiger partial charge in [-0.25, -0.2) is 0 Å². The molecule has 1 heterocycles. The van der Waals surface area contributed by atoms with Crippen molar-refractivity contribution >= 4 is 0 Å². The Balaban J connectivity index is 1.86. The summed E-state index contributed by atoms with van der Waals surface area (Å²) in [6.07, 6.45) is 8.45. The van der Waals surface area contributed by atoms with Crippen LogP contribution in [0, 0.1) is 16.7 Å². The average molecular weight is 280 g/mol. The third kappa shape index (κ3) is 4.21. The van der Waals surface area contributed by atoms with Crippen LogP contribution in [0.25, 0.3) is 0 Å². The van der Waals surface area contributed by atoms with Gasteiger partial charge in [0.15, 0.2) is 0 Å². The van der Waals surface area contributed by atoms with Gasteiger partial charge in [0.25, 0.3) is 0 Å². The van der Waals surface area contributed by atoms with E-state index in [0.29, 0.717) is 10.8 Å². The molecule has 118 valence electrons. The lowest BCUT2D eigenvalue weighted by Crippen LogP contribution is -2.42. The molecule has 1 N–H and O–H groups in total. The van der Waals surface area contributed by atoms with E-state index in [0.717, 1.165) is 5.92 Å². The normalized spacial score (nSPS) is 27.3. The van der Waals surface area contributed by atoms with Crippen molar-refractivity contribution in [3.8, 4) is 0 Å². The zero-order chi connectivity index (χ0) is 14.6. The molecule has 2 aliphatic rings. The van der Waals surface area contributed by atoms with Gasteiger partial charge >= 0.3 is 0 Å². The second-order valence-electron chi connectivity index (χ2n) is 8.47. The first kappa shape index (κ1) is 16.3. The van der Waals surface area contributed by atoms with Crippen molar-refractivity contribution in [2.75, 3.05) is 32.7 Å². The van der Waals surface area contributed by atoms with Gasteiger partial charge in [0.05, 0.1) is 0 Å². The van der Waals surface area contributed by atoms with Gasteiger partial charge in [-0.2, -0.15) is 0 Å². The molecule has 1 aliphatic heterocycles. The predicted molar refractivity (Wildman–Crippen MR) is 88.1 cm³/mol. The molecular formula is C18H36N2. The molecule has 2 nitrogen and oxygen atoms in total. The standard InChI is InChI=1S/C18H36N2/c1-5-11-19-14-18(9-6-7-10-18)15-20-12-8-16(13-20)17(2,3)4/h16,19H,5-15H2,1-4H3. The van der Waals surface area contributed by atoms with E-state index in [1.807, 2.05) is 0 Å². The van der Waals surface area contributed by atoms with Gasteiger partial charge in [-0.3, -0.25) is 0 Å². The third-order valence-electron chi connectivity index (χ3n) is 5.65. The fourth-order valence-corrected chi connectivity index (χ4v) is 4.20. The van der Waals surface area contributed by atoms with Crippen molar-refractivity contribution in [2.24, 2.45) is 16.7 Å². The second kappa shape index (κ2) is 6.79. The van der Waals surface area contributed by atoms with Gasteiger partial charge in [-0.15, -0.1) is 0 Å². The molecule has 0 radical (unpaired) electrons. The third-order valence-corrected chi connectivity index (χ3v) is 5.65.